The van der Waals surface area contributed by atoms with Crippen LogP contribution >= 0.6 is 0 Å². The molecule has 0 radical (unpaired) electrons. The van der Waals surface area contributed by atoms with Gasteiger partial charge in [0.25, 0.3) is 0 Å². The van der Waals surface area contributed by atoms with Crippen molar-refractivity contribution in [2.75, 3.05) is 13.2 Å². The van der Waals surface area contributed by atoms with E-state index < -0.39 is 5.54 Å². The van der Waals surface area contributed by atoms with Crippen molar-refractivity contribution in [3.63, 3.8) is 0 Å². The molecule has 0 aliphatic carbocycles. The van der Waals surface area contributed by atoms with E-state index in [1.165, 1.54) is 0 Å². The molecule has 1 rings (SSSR count). The first-order valence-electron chi connectivity index (χ1n) is 4.49. The van der Waals surface area contributed by atoms with Crippen LogP contribution in [-0.2, 0) is 9.53 Å². The van der Waals surface area contributed by atoms with Crippen LogP contribution in [0.25, 0.3) is 0 Å². The Labute approximate surface area is 73.3 Å². The van der Waals surface area contributed by atoms with Gasteiger partial charge in [-0.05, 0) is 19.8 Å². The lowest BCUT2D eigenvalue weighted by atomic mass is 9.86. The van der Waals surface area contributed by atoms with Gasteiger partial charge in [0.15, 0.2) is 5.78 Å². The zero-order chi connectivity index (χ0) is 9.19. The Kier molecular flexibility index (Phi) is 2.85. The molecule has 2 N–H and O–H groups in total. The van der Waals surface area contributed by atoms with Crippen LogP contribution in [0.3, 0.4) is 0 Å². The standard InChI is InChI=1S/C9H17NO2/c1-3-9(2,10)8(11)7-4-5-12-6-7/h7H,3-6,10H2,1-2H3. The van der Waals surface area contributed by atoms with Gasteiger partial charge < -0.3 is 10.5 Å². The number of hydrogen-bond acceptors (Lipinski definition) is 3. The minimum atomic E-state index is -0.654. The fourth-order valence-corrected chi connectivity index (χ4v) is 1.38. The van der Waals surface area contributed by atoms with E-state index in [1.807, 2.05) is 6.92 Å². The highest BCUT2D eigenvalue weighted by Crippen LogP contribution is 2.20. The molecule has 70 valence electrons. The lowest BCUT2D eigenvalue weighted by Gasteiger charge is -2.23. The van der Waals surface area contributed by atoms with Gasteiger partial charge in [-0.3, -0.25) is 4.79 Å². The molecule has 1 saturated heterocycles. The Morgan fingerprint density at radius 3 is 2.83 bits per heavy atom. The number of ether oxygens (including phenoxy) is 1. The third-order valence-electron chi connectivity index (χ3n) is 2.60. The molecule has 0 bridgehead atoms. The van der Waals surface area contributed by atoms with Crippen molar-refractivity contribution in [1.29, 1.82) is 0 Å². The van der Waals surface area contributed by atoms with Crippen molar-refractivity contribution in [2.45, 2.75) is 32.2 Å². The zero-order valence-corrected chi connectivity index (χ0v) is 7.80. The summed E-state index contributed by atoms with van der Waals surface area (Å²) in [4.78, 5) is 11.7. The lowest BCUT2D eigenvalue weighted by molar-refractivity contribution is -0.127. The quantitative estimate of drug-likeness (QED) is 0.680. The molecule has 1 fully saturated rings. The first kappa shape index (κ1) is 9.68. The summed E-state index contributed by atoms with van der Waals surface area (Å²) in [6, 6.07) is 0. The smallest absolute Gasteiger partial charge is 0.157 e. The summed E-state index contributed by atoms with van der Waals surface area (Å²) in [5.41, 5.74) is 5.18. The van der Waals surface area contributed by atoms with E-state index >= 15 is 0 Å². The van der Waals surface area contributed by atoms with E-state index in [0.29, 0.717) is 19.6 Å². The fraction of sp³-hybridized carbons (Fsp3) is 0.889. The van der Waals surface area contributed by atoms with E-state index in [9.17, 15) is 4.79 Å². The lowest BCUT2D eigenvalue weighted by Crippen LogP contribution is -2.47. The van der Waals surface area contributed by atoms with E-state index in [1.54, 1.807) is 6.92 Å². The van der Waals surface area contributed by atoms with Gasteiger partial charge in [0.2, 0.25) is 0 Å². The number of rotatable bonds is 3. The summed E-state index contributed by atoms with van der Waals surface area (Å²) in [7, 11) is 0. The molecule has 1 aliphatic heterocycles. The third-order valence-corrected chi connectivity index (χ3v) is 2.60. The summed E-state index contributed by atoms with van der Waals surface area (Å²) in [6.07, 6.45) is 1.54. The Bertz CT molecular complexity index is 171. The van der Waals surface area contributed by atoms with Gasteiger partial charge in [-0.15, -0.1) is 0 Å². The molecule has 0 saturated carbocycles. The molecule has 2 atom stereocenters. The normalized spacial score (nSPS) is 28.4. The van der Waals surface area contributed by atoms with Crippen molar-refractivity contribution in [3.8, 4) is 0 Å². The summed E-state index contributed by atoms with van der Waals surface area (Å²) in [6.45, 7) is 5.00. The topological polar surface area (TPSA) is 52.3 Å². The maximum absolute atomic E-state index is 11.7. The van der Waals surface area contributed by atoms with E-state index in [4.69, 9.17) is 10.5 Å². The molecule has 3 nitrogen and oxygen atoms in total. The van der Waals surface area contributed by atoms with Gasteiger partial charge >= 0.3 is 0 Å². The molecule has 0 amide bonds. The number of carbonyl (C=O) groups is 1. The van der Waals surface area contributed by atoms with Gasteiger partial charge in [0.1, 0.15) is 0 Å². The SMILES string of the molecule is CCC(C)(N)C(=O)C1CCOC1. The second-order valence-electron chi connectivity index (χ2n) is 3.70. The Hall–Kier alpha value is -0.410. The minimum absolute atomic E-state index is 0.0416. The zero-order valence-electron chi connectivity index (χ0n) is 7.80. The first-order valence-corrected chi connectivity index (χ1v) is 4.49. The van der Waals surface area contributed by atoms with Gasteiger partial charge in [0.05, 0.1) is 12.1 Å². The van der Waals surface area contributed by atoms with Crippen molar-refractivity contribution < 1.29 is 9.53 Å². The third kappa shape index (κ3) is 1.84. The average molecular weight is 171 g/mol. The van der Waals surface area contributed by atoms with Crippen LogP contribution in [0.1, 0.15) is 26.7 Å². The molecule has 12 heavy (non-hydrogen) atoms. The van der Waals surface area contributed by atoms with Crippen LogP contribution in [0.15, 0.2) is 0 Å². The van der Waals surface area contributed by atoms with Crippen LogP contribution in [0.4, 0.5) is 0 Å². The number of Topliss-reactive ketones (excluding diaryl/α,β-unsaturated/α-hetero) is 1. The molecule has 0 aromatic rings. The van der Waals surface area contributed by atoms with E-state index in [0.717, 1.165) is 6.42 Å². The second-order valence-corrected chi connectivity index (χ2v) is 3.70. The molecule has 0 aromatic carbocycles. The fourth-order valence-electron chi connectivity index (χ4n) is 1.38. The molecule has 3 heteroatoms. The second kappa shape index (κ2) is 3.54. The van der Waals surface area contributed by atoms with Crippen molar-refractivity contribution in [3.05, 3.63) is 0 Å². The highest BCUT2D eigenvalue weighted by atomic mass is 16.5. The molecule has 2 unspecified atom stereocenters. The summed E-state index contributed by atoms with van der Waals surface area (Å²) >= 11 is 0. The molecule has 0 spiro atoms. The van der Waals surface area contributed by atoms with Crippen LogP contribution < -0.4 is 5.73 Å². The average Bonchev–Trinajstić information content (AvgIpc) is 2.55. The predicted octanol–water partition coefficient (Wildman–Crippen LogP) is 0.719. The number of nitrogens with two attached hydrogens (primary N) is 1. The monoisotopic (exact) mass is 171 g/mol. The maximum atomic E-state index is 11.7. The number of carbonyl (C=O) groups excluding carboxylic acids is 1. The summed E-state index contributed by atoms with van der Waals surface area (Å²) in [5, 5.41) is 0. The van der Waals surface area contributed by atoms with Crippen LogP contribution in [0.2, 0.25) is 0 Å². The van der Waals surface area contributed by atoms with Gasteiger partial charge in [-0.2, -0.15) is 0 Å². The van der Waals surface area contributed by atoms with Crippen LogP contribution in [-0.4, -0.2) is 24.5 Å². The first-order chi connectivity index (χ1) is 5.58. The largest absolute Gasteiger partial charge is 0.381 e. The Balaban J connectivity index is 2.56. The Morgan fingerprint density at radius 2 is 2.42 bits per heavy atom. The highest BCUT2D eigenvalue weighted by Gasteiger charge is 2.34. The van der Waals surface area contributed by atoms with Gasteiger partial charge in [-0.25, -0.2) is 0 Å². The molecule has 1 aliphatic rings. The van der Waals surface area contributed by atoms with Gasteiger partial charge in [0, 0.05) is 12.5 Å². The van der Waals surface area contributed by atoms with Crippen molar-refractivity contribution >= 4 is 5.78 Å². The molecule has 1 heterocycles. The minimum Gasteiger partial charge on any atom is -0.381 e. The number of hydrogen-bond donors (Lipinski definition) is 1. The highest BCUT2D eigenvalue weighted by molar-refractivity contribution is 5.90. The van der Waals surface area contributed by atoms with Crippen molar-refractivity contribution in [2.24, 2.45) is 11.7 Å². The van der Waals surface area contributed by atoms with Crippen LogP contribution in [0.5, 0.6) is 0 Å². The predicted molar refractivity (Wildman–Crippen MR) is 46.8 cm³/mol. The van der Waals surface area contributed by atoms with Crippen LogP contribution in [0, 0.1) is 5.92 Å². The van der Waals surface area contributed by atoms with E-state index in [-0.39, 0.29) is 11.7 Å². The van der Waals surface area contributed by atoms with Gasteiger partial charge in [-0.1, -0.05) is 6.92 Å². The maximum Gasteiger partial charge on any atom is 0.157 e. The number of ketones is 1. The summed E-state index contributed by atoms with van der Waals surface area (Å²) in [5.74, 6) is 0.197. The molecule has 0 aromatic heterocycles. The molecular formula is C9H17NO2. The summed E-state index contributed by atoms with van der Waals surface area (Å²) < 4.78 is 5.14. The Morgan fingerprint density at radius 1 is 1.75 bits per heavy atom. The molecular weight excluding hydrogens is 154 g/mol. The van der Waals surface area contributed by atoms with E-state index in [2.05, 4.69) is 0 Å². The van der Waals surface area contributed by atoms with Crippen molar-refractivity contribution in [1.82, 2.24) is 0 Å².